The highest BCUT2D eigenvalue weighted by molar-refractivity contribution is 7.71. The van der Waals surface area contributed by atoms with Crippen molar-refractivity contribution in [3.05, 3.63) is 22.2 Å². The Labute approximate surface area is 84.4 Å². The van der Waals surface area contributed by atoms with Crippen LogP contribution < -0.4 is 0 Å². The van der Waals surface area contributed by atoms with Crippen molar-refractivity contribution >= 4 is 12.2 Å². The molecular formula is C10H16N2S. The van der Waals surface area contributed by atoms with E-state index in [0.717, 1.165) is 18.7 Å². The molecule has 0 spiro atoms. The first-order valence-electron chi connectivity index (χ1n) is 4.85. The predicted octanol–water partition coefficient (Wildman–Crippen LogP) is 3.04. The van der Waals surface area contributed by atoms with Crippen LogP contribution in [0.25, 0.3) is 0 Å². The molecule has 0 atom stereocenters. The Morgan fingerprint density at radius 2 is 2.23 bits per heavy atom. The lowest BCUT2D eigenvalue weighted by Gasteiger charge is -2.02. The number of aromatic nitrogens is 2. The van der Waals surface area contributed by atoms with Crippen LogP contribution >= 0.6 is 12.2 Å². The maximum absolute atomic E-state index is 5.07. The quantitative estimate of drug-likeness (QED) is 0.750. The monoisotopic (exact) mass is 196 g/mol. The van der Waals surface area contributed by atoms with Gasteiger partial charge in [0.1, 0.15) is 10.5 Å². The second-order valence-electron chi connectivity index (χ2n) is 3.15. The highest BCUT2D eigenvalue weighted by atomic mass is 32.1. The van der Waals surface area contributed by atoms with Crippen molar-refractivity contribution in [3.8, 4) is 0 Å². The van der Waals surface area contributed by atoms with Crippen molar-refractivity contribution in [1.29, 1.82) is 0 Å². The summed E-state index contributed by atoms with van der Waals surface area (Å²) in [7, 11) is 0. The van der Waals surface area contributed by atoms with Crippen molar-refractivity contribution in [1.82, 2.24) is 9.97 Å². The van der Waals surface area contributed by atoms with E-state index in [1.807, 2.05) is 6.07 Å². The van der Waals surface area contributed by atoms with Crippen molar-refractivity contribution < 1.29 is 0 Å². The second kappa shape index (κ2) is 5.12. The largest absolute Gasteiger partial charge is 0.347 e. The molecule has 0 unspecified atom stereocenters. The number of hydrogen-bond acceptors (Lipinski definition) is 2. The molecule has 0 amide bonds. The van der Waals surface area contributed by atoms with Crippen molar-refractivity contribution in [2.45, 2.75) is 39.5 Å². The van der Waals surface area contributed by atoms with Gasteiger partial charge in [-0.05, 0) is 18.9 Å². The molecule has 72 valence electrons. The van der Waals surface area contributed by atoms with Crippen LogP contribution in [0.2, 0.25) is 0 Å². The van der Waals surface area contributed by atoms with Crippen molar-refractivity contribution in [3.63, 3.8) is 0 Å². The van der Waals surface area contributed by atoms with Gasteiger partial charge in [-0.2, -0.15) is 0 Å². The van der Waals surface area contributed by atoms with Gasteiger partial charge in [0.2, 0.25) is 0 Å². The maximum atomic E-state index is 5.07. The first-order valence-corrected chi connectivity index (χ1v) is 5.26. The zero-order valence-electron chi connectivity index (χ0n) is 8.26. The van der Waals surface area contributed by atoms with Gasteiger partial charge < -0.3 is 4.98 Å². The van der Waals surface area contributed by atoms with E-state index in [-0.39, 0.29) is 0 Å². The third kappa shape index (κ3) is 3.27. The smallest absolute Gasteiger partial charge is 0.129 e. The fourth-order valence-corrected chi connectivity index (χ4v) is 1.49. The number of hydrogen-bond donors (Lipinski definition) is 1. The summed E-state index contributed by atoms with van der Waals surface area (Å²) in [4.78, 5) is 7.51. The molecule has 13 heavy (non-hydrogen) atoms. The van der Waals surface area contributed by atoms with Crippen LogP contribution in [0.3, 0.4) is 0 Å². The fraction of sp³-hybridized carbons (Fsp3) is 0.600. The number of nitrogens with zero attached hydrogens (tertiary/aromatic N) is 1. The zero-order chi connectivity index (χ0) is 9.68. The number of unbranched alkanes of at least 4 members (excludes halogenated alkanes) is 1. The molecular weight excluding hydrogens is 180 g/mol. The second-order valence-corrected chi connectivity index (χ2v) is 3.57. The Kier molecular flexibility index (Phi) is 4.09. The first-order chi connectivity index (χ1) is 6.26. The van der Waals surface area contributed by atoms with Crippen LogP contribution in [-0.2, 0) is 12.8 Å². The number of aromatic amines is 1. The van der Waals surface area contributed by atoms with Crippen LogP contribution in [-0.4, -0.2) is 9.97 Å². The lowest BCUT2D eigenvalue weighted by molar-refractivity contribution is 0.760. The van der Waals surface area contributed by atoms with E-state index >= 15 is 0 Å². The number of H-pyrrole nitrogens is 1. The maximum Gasteiger partial charge on any atom is 0.129 e. The minimum Gasteiger partial charge on any atom is -0.347 e. The molecule has 0 saturated heterocycles. The number of nitrogens with one attached hydrogen (secondary N) is 1. The summed E-state index contributed by atoms with van der Waals surface area (Å²) in [6, 6.07) is 1.96. The fourth-order valence-electron chi connectivity index (χ4n) is 1.23. The first kappa shape index (κ1) is 10.4. The molecule has 0 aliphatic carbocycles. The van der Waals surface area contributed by atoms with E-state index in [2.05, 4.69) is 23.8 Å². The summed E-state index contributed by atoms with van der Waals surface area (Å²) >= 11 is 5.07. The van der Waals surface area contributed by atoms with E-state index < -0.39 is 0 Å². The predicted molar refractivity (Wildman–Crippen MR) is 57.4 cm³/mol. The molecule has 0 fully saturated rings. The standard InChI is InChI=1S/C10H16N2S/c1-3-5-6-8-7-10(13)12-9(4-2)11-8/h7H,3-6H2,1-2H3,(H,11,12,13). The van der Waals surface area contributed by atoms with Crippen molar-refractivity contribution in [2.24, 2.45) is 0 Å². The Morgan fingerprint density at radius 1 is 1.46 bits per heavy atom. The van der Waals surface area contributed by atoms with Gasteiger partial charge in [0, 0.05) is 12.1 Å². The Morgan fingerprint density at radius 3 is 2.85 bits per heavy atom. The van der Waals surface area contributed by atoms with E-state index in [4.69, 9.17) is 12.2 Å². The van der Waals surface area contributed by atoms with Gasteiger partial charge >= 0.3 is 0 Å². The van der Waals surface area contributed by atoms with Gasteiger partial charge in [0.05, 0.1) is 0 Å². The van der Waals surface area contributed by atoms with E-state index in [0.29, 0.717) is 4.64 Å². The molecule has 1 rings (SSSR count). The average molecular weight is 196 g/mol. The van der Waals surface area contributed by atoms with Gasteiger partial charge in [-0.1, -0.05) is 32.5 Å². The number of aryl methyl sites for hydroxylation is 2. The average Bonchev–Trinajstić information content (AvgIpc) is 2.14. The molecule has 1 heterocycles. The lowest BCUT2D eigenvalue weighted by atomic mass is 10.2. The summed E-state index contributed by atoms with van der Waals surface area (Å²) in [6.45, 7) is 4.27. The van der Waals surface area contributed by atoms with Gasteiger partial charge in [-0.3, -0.25) is 0 Å². The van der Waals surface area contributed by atoms with E-state index in [1.54, 1.807) is 0 Å². The minimum absolute atomic E-state index is 0.710. The number of rotatable bonds is 4. The normalized spacial score (nSPS) is 10.3. The van der Waals surface area contributed by atoms with Crippen LogP contribution in [0, 0.1) is 4.64 Å². The molecule has 0 aromatic carbocycles. The molecule has 1 aromatic heterocycles. The summed E-state index contributed by atoms with van der Waals surface area (Å²) in [6.07, 6.45) is 4.42. The van der Waals surface area contributed by atoms with Gasteiger partial charge in [0.25, 0.3) is 0 Å². The van der Waals surface area contributed by atoms with Crippen molar-refractivity contribution in [2.75, 3.05) is 0 Å². The SMILES string of the molecule is CCCCc1cc(=S)nc(CC)[nH]1. The summed E-state index contributed by atoms with van der Waals surface area (Å²) < 4.78 is 0.710. The molecule has 0 aliphatic rings. The van der Waals surface area contributed by atoms with Crippen LogP contribution in [0.1, 0.15) is 38.2 Å². The van der Waals surface area contributed by atoms with E-state index in [9.17, 15) is 0 Å². The summed E-state index contributed by atoms with van der Waals surface area (Å²) in [5.41, 5.74) is 1.22. The van der Waals surface area contributed by atoms with E-state index in [1.165, 1.54) is 18.5 Å². The molecule has 0 radical (unpaired) electrons. The van der Waals surface area contributed by atoms with Gasteiger partial charge in [0.15, 0.2) is 0 Å². The van der Waals surface area contributed by atoms with Crippen LogP contribution in [0.15, 0.2) is 6.07 Å². The zero-order valence-corrected chi connectivity index (χ0v) is 9.08. The highest BCUT2D eigenvalue weighted by Crippen LogP contribution is 2.03. The van der Waals surface area contributed by atoms with Gasteiger partial charge in [-0.25, -0.2) is 4.98 Å². The molecule has 0 bridgehead atoms. The minimum atomic E-state index is 0.710. The lowest BCUT2D eigenvalue weighted by Crippen LogP contribution is -1.98. The van der Waals surface area contributed by atoms with Crippen LogP contribution in [0.5, 0.6) is 0 Å². The Hall–Kier alpha value is -0.700. The molecule has 3 heteroatoms. The molecule has 0 saturated carbocycles. The van der Waals surface area contributed by atoms with Crippen LogP contribution in [0.4, 0.5) is 0 Å². The molecule has 2 nitrogen and oxygen atoms in total. The summed E-state index contributed by atoms with van der Waals surface area (Å²) in [5, 5.41) is 0. The highest BCUT2D eigenvalue weighted by Gasteiger charge is 1.96. The Bertz CT molecular complexity index is 317. The third-order valence-electron chi connectivity index (χ3n) is 1.98. The van der Waals surface area contributed by atoms with Gasteiger partial charge in [-0.15, -0.1) is 0 Å². The topological polar surface area (TPSA) is 28.7 Å². The molecule has 1 aromatic rings. The third-order valence-corrected chi connectivity index (χ3v) is 2.19. The Balaban J connectivity index is 2.82. The summed E-state index contributed by atoms with van der Waals surface area (Å²) in [5.74, 6) is 0.999. The molecule has 1 N–H and O–H groups in total. The molecule has 0 aliphatic heterocycles.